The molecule has 0 radical (unpaired) electrons. The summed E-state index contributed by atoms with van der Waals surface area (Å²) in [6, 6.07) is -0.494. The molecule has 0 bridgehead atoms. The summed E-state index contributed by atoms with van der Waals surface area (Å²) in [6.45, 7) is 8.48. The Kier molecular flexibility index (Phi) is 8.91. The number of nitrogens with zero attached hydrogens (tertiary/aromatic N) is 2. The van der Waals surface area contributed by atoms with Crippen molar-refractivity contribution in [3.63, 3.8) is 0 Å². The van der Waals surface area contributed by atoms with E-state index in [4.69, 9.17) is 17.2 Å². The maximum Gasteiger partial charge on any atom is 0.237 e. The molecule has 0 aromatic heterocycles. The van der Waals surface area contributed by atoms with Gasteiger partial charge in [0, 0.05) is 6.54 Å². The van der Waals surface area contributed by atoms with Crippen molar-refractivity contribution in [1.29, 1.82) is 0 Å². The third-order valence-electron chi connectivity index (χ3n) is 3.78. The first-order valence-electron chi connectivity index (χ1n) is 7.27. The Hall–Kier alpha value is -1.34. The number of nitrogens with one attached hydrogen (secondary N) is 1. The van der Waals surface area contributed by atoms with E-state index < -0.39 is 6.04 Å². The van der Waals surface area contributed by atoms with E-state index >= 15 is 0 Å². The van der Waals surface area contributed by atoms with Crippen molar-refractivity contribution in [2.45, 2.75) is 32.7 Å². The molecule has 0 saturated heterocycles. The lowest BCUT2D eigenvalue weighted by molar-refractivity contribution is -0.904. The highest BCUT2D eigenvalue weighted by Gasteiger charge is 2.17. The van der Waals surface area contributed by atoms with Gasteiger partial charge in [0.2, 0.25) is 5.91 Å². The standard InChI is InChI=1S/C13H30N6O/c1-4-19(3,5-2)10-9-17-12(20)11(14)7-6-8-18-13(15)16/h11H,4-10,14H2,1-3H3,(H4-,15,16,17,18,20)/p+1/t11-/m0/s1. The van der Waals surface area contributed by atoms with Crippen LogP contribution in [0.1, 0.15) is 26.7 Å². The average Bonchev–Trinajstić information content (AvgIpc) is 2.42. The lowest BCUT2D eigenvalue weighted by atomic mass is 10.1. The number of hydrogen-bond donors (Lipinski definition) is 4. The molecule has 7 heteroatoms. The molecule has 0 aliphatic rings. The SMILES string of the molecule is CC[N+](C)(CC)CCNC(=O)[C@@H](N)CCCN=C(N)N. The van der Waals surface area contributed by atoms with Gasteiger partial charge in [-0.25, -0.2) is 0 Å². The minimum absolute atomic E-state index is 0.0687. The third-order valence-corrected chi connectivity index (χ3v) is 3.78. The number of hydrogen-bond acceptors (Lipinski definition) is 3. The van der Waals surface area contributed by atoms with Gasteiger partial charge in [-0.3, -0.25) is 9.79 Å². The van der Waals surface area contributed by atoms with Crippen LogP contribution >= 0.6 is 0 Å². The Balaban J connectivity index is 3.88. The molecule has 0 aromatic rings. The van der Waals surface area contributed by atoms with Gasteiger partial charge in [-0.15, -0.1) is 0 Å². The fourth-order valence-electron chi connectivity index (χ4n) is 1.77. The third kappa shape index (κ3) is 7.96. The van der Waals surface area contributed by atoms with Gasteiger partial charge < -0.3 is 27.0 Å². The zero-order valence-electron chi connectivity index (χ0n) is 13.1. The lowest BCUT2D eigenvalue weighted by Gasteiger charge is -2.32. The molecule has 7 N–H and O–H groups in total. The molecular weight excluding hydrogens is 256 g/mol. The van der Waals surface area contributed by atoms with Crippen molar-refractivity contribution in [2.75, 3.05) is 39.8 Å². The summed E-state index contributed by atoms with van der Waals surface area (Å²) in [5, 5.41) is 2.89. The van der Waals surface area contributed by atoms with Crippen molar-refractivity contribution in [3.05, 3.63) is 0 Å². The van der Waals surface area contributed by atoms with E-state index in [1.165, 1.54) is 0 Å². The fourth-order valence-corrected chi connectivity index (χ4v) is 1.77. The van der Waals surface area contributed by atoms with Crippen LogP contribution in [0.3, 0.4) is 0 Å². The van der Waals surface area contributed by atoms with Gasteiger partial charge in [-0.05, 0) is 26.7 Å². The molecule has 0 aromatic carbocycles. The van der Waals surface area contributed by atoms with E-state index in [0.29, 0.717) is 25.9 Å². The molecule has 0 saturated carbocycles. The van der Waals surface area contributed by atoms with Gasteiger partial charge in [0.25, 0.3) is 0 Å². The molecular formula is C13H31N6O+. The number of likely N-dealkylation sites (N-methyl/N-ethyl adjacent to an activating group) is 1. The highest BCUT2D eigenvalue weighted by molar-refractivity contribution is 5.81. The molecule has 0 aliphatic heterocycles. The number of rotatable bonds is 10. The zero-order chi connectivity index (χ0) is 15.6. The van der Waals surface area contributed by atoms with Crippen LogP contribution in [0.4, 0.5) is 0 Å². The number of aliphatic imine (C=N–C) groups is 1. The van der Waals surface area contributed by atoms with Crippen molar-refractivity contribution in [2.24, 2.45) is 22.2 Å². The Labute approximate surface area is 122 Å². The monoisotopic (exact) mass is 287 g/mol. The summed E-state index contributed by atoms with van der Waals surface area (Å²) in [5.41, 5.74) is 16.3. The van der Waals surface area contributed by atoms with Gasteiger partial charge >= 0.3 is 0 Å². The van der Waals surface area contributed by atoms with Crippen molar-refractivity contribution in [1.82, 2.24) is 5.32 Å². The van der Waals surface area contributed by atoms with E-state index in [9.17, 15) is 4.79 Å². The molecule has 0 unspecified atom stereocenters. The topological polar surface area (TPSA) is 120 Å². The van der Waals surface area contributed by atoms with Gasteiger partial charge in [0.05, 0.1) is 39.3 Å². The van der Waals surface area contributed by atoms with Gasteiger partial charge in [-0.1, -0.05) is 0 Å². The molecule has 0 fully saturated rings. The Morgan fingerprint density at radius 1 is 1.30 bits per heavy atom. The average molecular weight is 287 g/mol. The first-order valence-corrected chi connectivity index (χ1v) is 7.27. The predicted molar refractivity (Wildman–Crippen MR) is 83.0 cm³/mol. The Morgan fingerprint density at radius 3 is 2.40 bits per heavy atom. The minimum Gasteiger partial charge on any atom is -0.370 e. The zero-order valence-corrected chi connectivity index (χ0v) is 13.1. The van der Waals surface area contributed by atoms with Crippen LogP contribution in [-0.4, -0.2) is 62.2 Å². The van der Waals surface area contributed by atoms with Crippen molar-refractivity contribution >= 4 is 11.9 Å². The van der Waals surface area contributed by atoms with E-state index in [1.807, 2.05) is 0 Å². The largest absolute Gasteiger partial charge is 0.370 e. The summed E-state index contributed by atoms with van der Waals surface area (Å²) in [7, 11) is 2.18. The van der Waals surface area contributed by atoms with Crippen molar-refractivity contribution < 1.29 is 9.28 Å². The highest BCUT2D eigenvalue weighted by Crippen LogP contribution is 2.00. The Morgan fingerprint density at radius 2 is 1.90 bits per heavy atom. The second-order valence-electron chi connectivity index (χ2n) is 5.32. The lowest BCUT2D eigenvalue weighted by Crippen LogP contribution is -2.50. The van der Waals surface area contributed by atoms with Crippen LogP contribution in [0, 0.1) is 0 Å². The molecule has 0 aliphatic carbocycles. The summed E-state index contributed by atoms with van der Waals surface area (Å²) in [4.78, 5) is 15.7. The fraction of sp³-hybridized carbons (Fsp3) is 0.846. The Bertz CT molecular complexity index is 310. The van der Waals surface area contributed by atoms with Crippen LogP contribution in [0.25, 0.3) is 0 Å². The van der Waals surface area contributed by atoms with Gasteiger partial charge in [0.1, 0.15) is 0 Å². The predicted octanol–water partition coefficient (Wildman–Crippen LogP) is -1.03. The molecule has 0 rings (SSSR count). The van der Waals surface area contributed by atoms with E-state index in [2.05, 4.69) is 31.2 Å². The summed E-state index contributed by atoms with van der Waals surface area (Å²) >= 11 is 0. The van der Waals surface area contributed by atoms with Crippen LogP contribution < -0.4 is 22.5 Å². The summed E-state index contributed by atoms with van der Waals surface area (Å²) < 4.78 is 0.944. The van der Waals surface area contributed by atoms with Crippen LogP contribution in [0.2, 0.25) is 0 Å². The van der Waals surface area contributed by atoms with Crippen LogP contribution in [0.5, 0.6) is 0 Å². The molecule has 0 heterocycles. The van der Waals surface area contributed by atoms with Gasteiger partial charge in [-0.2, -0.15) is 0 Å². The summed E-state index contributed by atoms with van der Waals surface area (Å²) in [6.07, 6.45) is 1.28. The van der Waals surface area contributed by atoms with Crippen LogP contribution in [0.15, 0.2) is 4.99 Å². The molecule has 1 amide bonds. The second kappa shape index (κ2) is 9.55. The van der Waals surface area contributed by atoms with E-state index in [0.717, 1.165) is 24.1 Å². The molecule has 7 nitrogen and oxygen atoms in total. The van der Waals surface area contributed by atoms with Crippen LogP contribution in [-0.2, 0) is 4.79 Å². The maximum absolute atomic E-state index is 11.8. The number of quaternary nitrogens is 1. The number of guanidine groups is 1. The highest BCUT2D eigenvalue weighted by atomic mass is 16.2. The summed E-state index contributed by atoms with van der Waals surface area (Å²) in [5.74, 6) is -0.0346. The minimum atomic E-state index is -0.494. The molecule has 0 spiro atoms. The number of nitrogens with two attached hydrogens (primary N) is 3. The first-order chi connectivity index (χ1) is 9.34. The second-order valence-corrected chi connectivity index (χ2v) is 5.32. The first kappa shape index (κ1) is 18.7. The molecule has 1 atom stereocenters. The number of carbonyl (C=O) groups is 1. The maximum atomic E-state index is 11.8. The molecule has 20 heavy (non-hydrogen) atoms. The number of carbonyl (C=O) groups excluding carboxylic acids is 1. The van der Waals surface area contributed by atoms with Crippen molar-refractivity contribution in [3.8, 4) is 0 Å². The molecule has 118 valence electrons. The normalized spacial score (nSPS) is 12.8. The van der Waals surface area contributed by atoms with E-state index in [-0.39, 0.29) is 11.9 Å². The smallest absolute Gasteiger partial charge is 0.237 e. The van der Waals surface area contributed by atoms with Gasteiger partial charge in [0.15, 0.2) is 5.96 Å². The van der Waals surface area contributed by atoms with E-state index in [1.54, 1.807) is 0 Å². The number of amides is 1. The quantitative estimate of drug-likeness (QED) is 0.178.